The van der Waals surface area contributed by atoms with Gasteiger partial charge in [-0.25, -0.2) is 0 Å². The Labute approximate surface area is 172 Å². The fourth-order valence-corrected chi connectivity index (χ4v) is 4.53. The van der Waals surface area contributed by atoms with Crippen molar-refractivity contribution in [1.82, 2.24) is 9.88 Å². The summed E-state index contributed by atoms with van der Waals surface area (Å²) in [5.74, 6) is 1.07. The Bertz CT molecular complexity index is 985. The van der Waals surface area contributed by atoms with E-state index < -0.39 is 0 Å². The van der Waals surface area contributed by atoms with Gasteiger partial charge in [0, 0.05) is 42.5 Å². The Hall–Kier alpha value is -2.75. The summed E-state index contributed by atoms with van der Waals surface area (Å²) in [6.45, 7) is 3.95. The lowest BCUT2D eigenvalue weighted by Gasteiger charge is -2.28. The average molecular weight is 391 g/mol. The lowest BCUT2D eigenvalue weighted by atomic mass is 9.87. The smallest absolute Gasteiger partial charge is 0.223 e. The van der Waals surface area contributed by atoms with Crippen LogP contribution in [0.2, 0.25) is 0 Å². The van der Waals surface area contributed by atoms with Crippen LogP contribution < -0.4 is 4.74 Å². The van der Waals surface area contributed by atoms with Gasteiger partial charge in [0.25, 0.3) is 0 Å². The van der Waals surface area contributed by atoms with Crippen molar-refractivity contribution in [3.63, 3.8) is 0 Å². The Morgan fingerprint density at radius 2 is 1.93 bits per heavy atom. The molecule has 1 saturated heterocycles. The van der Waals surface area contributed by atoms with Crippen LogP contribution in [0.15, 0.2) is 48.7 Å². The number of amides is 1. The number of hydrogen-bond acceptors (Lipinski definition) is 2. The number of nitrogens with one attached hydrogen (secondary N) is 1. The van der Waals surface area contributed by atoms with Crippen LogP contribution in [0.3, 0.4) is 0 Å². The molecule has 0 radical (unpaired) electrons. The molecule has 4 nitrogen and oxygen atoms in total. The Morgan fingerprint density at radius 1 is 1.14 bits per heavy atom. The molecule has 0 unspecified atom stereocenters. The summed E-state index contributed by atoms with van der Waals surface area (Å²) < 4.78 is 5.46. The fraction of sp³-hybridized carbons (Fsp3) is 0.400. The monoisotopic (exact) mass is 390 g/mol. The number of piperidine rings is 1. The average Bonchev–Trinajstić information content (AvgIpc) is 3.22. The summed E-state index contributed by atoms with van der Waals surface area (Å²) in [6, 6.07) is 14.6. The Morgan fingerprint density at radius 3 is 2.69 bits per heavy atom. The van der Waals surface area contributed by atoms with Crippen LogP contribution in [0.4, 0.5) is 0 Å². The van der Waals surface area contributed by atoms with Crippen LogP contribution in [-0.4, -0.2) is 36.0 Å². The first kappa shape index (κ1) is 19.6. The van der Waals surface area contributed by atoms with Crippen molar-refractivity contribution in [3.8, 4) is 5.75 Å². The number of nitrogens with zero attached hydrogens (tertiary/aromatic N) is 1. The molecule has 29 heavy (non-hydrogen) atoms. The maximum atomic E-state index is 13.2. The zero-order chi connectivity index (χ0) is 20.2. The molecule has 1 aliphatic rings. The van der Waals surface area contributed by atoms with E-state index in [-0.39, 0.29) is 11.8 Å². The molecule has 4 rings (SSSR count). The van der Waals surface area contributed by atoms with E-state index in [9.17, 15) is 4.79 Å². The highest BCUT2D eigenvalue weighted by Crippen LogP contribution is 2.36. The van der Waals surface area contributed by atoms with Gasteiger partial charge in [-0.2, -0.15) is 0 Å². The van der Waals surface area contributed by atoms with Crippen molar-refractivity contribution < 1.29 is 9.53 Å². The fourth-order valence-electron chi connectivity index (χ4n) is 4.53. The van der Waals surface area contributed by atoms with Gasteiger partial charge in [0.2, 0.25) is 5.91 Å². The molecule has 4 heteroatoms. The molecule has 1 aliphatic heterocycles. The summed E-state index contributed by atoms with van der Waals surface area (Å²) in [5.41, 5.74) is 4.80. The molecular formula is C25H30N2O2. The van der Waals surface area contributed by atoms with E-state index in [1.165, 1.54) is 28.5 Å². The summed E-state index contributed by atoms with van der Waals surface area (Å²) in [7, 11) is 1.69. The molecule has 1 aromatic heterocycles. The van der Waals surface area contributed by atoms with E-state index in [1.54, 1.807) is 7.11 Å². The van der Waals surface area contributed by atoms with E-state index in [0.29, 0.717) is 6.42 Å². The van der Waals surface area contributed by atoms with Crippen molar-refractivity contribution in [2.24, 2.45) is 0 Å². The quantitative estimate of drug-likeness (QED) is 0.623. The summed E-state index contributed by atoms with van der Waals surface area (Å²) in [6.07, 6.45) is 7.01. The topological polar surface area (TPSA) is 45.3 Å². The number of aromatic amines is 1. The molecule has 1 amide bonds. The predicted octanol–water partition coefficient (Wildman–Crippen LogP) is 5.27. The normalized spacial score (nSPS) is 15.4. The van der Waals surface area contributed by atoms with Crippen molar-refractivity contribution in [1.29, 1.82) is 0 Å². The van der Waals surface area contributed by atoms with Gasteiger partial charge >= 0.3 is 0 Å². The number of carbonyl (C=O) groups is 1. The molecule has 0 spiro atoms. The standard InChI is InChI=1S/C25H30N2O2/c1-3-18-9-8-12-21-23(17-26-25(18)21)22(19-10-7-11-20(15-19)29-2)16-24(28)27-13-5-4-6-14-27/h7-12,15,17,22,26H,3-6,13-14,16H2,1-2H3/t22-/m0/s1. The zero-order valence-electron chi connectivity index (χ0n) is 17.4. The maximum Gasteiger partial charge on any atom is 0.223 e. The van der Waals surface area contributed by atoms with E-state index in [4.69, 9.17) is 4.74 Å². The summed E-state index contributed by atoms with van der Waals surface area (Å²) in [4.78, 5) is 18.7. The number of benzene rings is 2. The molecule has 1 fully saturated rings. The number of carbonyl (C=O) groups excluding carboxylic acids is 1. The highest BCUT2D eigenvalue weighted by atomic mass is 16.5. The van der Waals surface area contributed by atoms with E-state index in [2.05, 4.69) is 48.4 Å². The number of para-hydroxylation sites is 1. The molecule has 2 heterocycles. The highest BCUT2D eigenvalue weighted by molar-refractivity contribution is 5.88. The highest BCUT2D eigenvalue weighted by Gasteiger charge is 2.25. The third-order valence-electron chi connectivity index (χ3n) is 6.17. The molecule has 2 aromatic carbocycles. The molecule has 152 valence electrons. The Balaban J connectivity index is 1.75. The summed E-state index contributed by atoms with van der Waals surface area (Å²) in [5, 5.41) is 1.21. The number of likely N-dealkylation sites (tertiary alicyclic amines) is 1. The number of rotatable bonds is 6. The van der Waals surface area contributed by atoms with Crippen molar-refractivity contribution >= 4 is 16.8 Å². The Kier molecular flexibility index (Phi) is 5.89. The SMILES string of the molecule is CCc1cccc2c([C@@H](CC(=O)N3CCCCC3)c3cccc(OC)c3)c[nH]c12. The third-order valence-corrected chi connectivity index (χ3v) is 6.17. The lowest BCUT2D eigenvalue weighted by molar-refractivity contribution is -0.132. The number of ether oxygens (including phenoxy) is 1. The van der Waals surface area contributed by atoms with Crippen molar-refractivity contribution in [2.75, 3.05) is 20.2 Å². The van der Waals surface area contributed by atoms with Gasteiger partial charge in [0.05, 0.1) is 7.11 Å². The first-order valence-electron chi connectivity index (χ1n) is 10.7. The van der Waals surface area contributed by atoms with Crippen molar-refractivity contribution in [2.45, 2.75) is 44.9 Å². The van der Waals surface area contributed by atoms with E-state index >= 15 is 0 Å². The van der Waals surface area contributed by atoms with Crippen LogP contribution in [0.1, 0.15) is 55.2 Å². The number of aromatic nitrogens is 1. The second-order valence-electron chi connectivity index (χ2n) is 7.91. The van der Waals surface area contributed by atoms with Crippen LogP contribution in [0, 0.1) is 0 Å². The largest absolute Gasteiger partial charge is 0.497 e. The molecule has 3 aromatic rings. The second-order valence-corrected chi connectivity index (χ2v) is 7.91. The molecule has 1 N–H and O–H groups in total. The zero-order valence-corrected chi connectivity index (χ0v) is 17.4. The second kappa shape index (κ2) is 8.73. The molecule has 0 saturated carbocycles. The number of hydrogen-bond donors (Lipinski definition) is 1. The van der Waals surface area contributed by atoms with Gasteiger partial charge in [-0.1, -0.05) is 37.3 Å². The summed E-state index contributed by atoms with van der Waals surface area (Å²) >= 11 is 0. The van der Waals surface area contributed by atoms with E-state index in [1.807, 2.05) is 17.0 Å². The lowest BCUT2D eigenvalue weighted by Crippen LogP contribution is -2.36. The van der Waals surface area contributed by atoms with Gasteiger partial charge in [-0.15, -0.1) is 0 Å². The van der Waals surface area contributed by atoms with E-state index in [0.717, 1.165) is 43.7 Å². The minimum Gasteiger partial charge on any atom is -0.497 e. The van der Waals surface area contributed by atoms with Gasteiger partial charge in [0.1, 0.15) is 5.75 Å². The van der Waals surface area contributed by atoms with Gasteiger partial charge in [-0.3, -0.25) is 4.79 Å². The van der Waals surface area contributed by atoms with Crippen molar-refractivity contribution in [3.05, 3.63) is 65.4 Å². The van der Waals surface area contributed by atoms with Gasteiger partial charge in [-0.05, 0) is 54.5 Å². The van der Waals surface area contributed by atoms with Crippen LogP contribution in [-0.2, 0) is 11.2 Å². The van der Waals surface area contributed by atoms with Crippen LogP contribution in [0.5, 0.6) is 5.75 Å². The first-order valence-corrected chi connectivity index (χ1v) is 10.7. The molecule has 0 bridgehead atoms. The number of fused-ring (bicyclic) bond motifs is 1. The minimum atomic E-state index is 0.000354. The molecule has 1 atom stereocenters. The van der Waals surface area contributed by atoms with Gasteiger partial charge < -0.3 is 14.6 Å². The van der Waals surface area contributed by atoms with Gasteiger partial charge in [0.15, 0.2) is 0 Å². The van der Waals surface area contributed by atoms with Crippen LogP contribution >= 0.6 is 0 Å². The molecular weight excluding hydrogens is 360 g/mol. The third kappa shape index (κ3) is 4.02. The molecule has 0 aliphatic carbocycles. The minimum absolute atomic E-state index is 0.000354. The maximum absolute atomic E-state index is 13.2. The number of H-pyrrole nitrogens is 1. The number of aryl methyl sites for hydroxylation is 1. The first-order chi connectivity index (χ1) is 14.2. The number of methoxy groups -OCH3 is 1. The van der Waals surface area contributed by atoms with Crippen LogP contribution in [0.25, 0.3) is 10.9 Å². The predicted molar refractivity (Wildman–Crippen MR) is 118 cm³/mol.